The number of halogens is 6. The van der Waals surface area contributed by atoms with E-state index in [4.69, 9.17) is 24.5 Å². The lowest BCUT2D eigenvalue weighted by Gasteiger charge is -2.45. The number of likely N-dealkylation sites (tertiary alicyclic amines) is 2. The smallest absolute Gasteiger partial charge is 0.475 e. The van der Waals surface area contributed by atoms with Gasteiger partial charge in [0.15, 0.2) is 0 Å². The quantitative estimate of drug-likeness (QED) is 0.520. The molecule has 3 atom stereocenters. The summed E-state index contributed by atoms with van der Waals surface area (Å²) >= 11 is 0. The van der Waals surface area contributed by atoms with Gasteiger partial charge in [0.1, 0.15) is 0 Å². The molecule has 15 heteroatoms. The highest BCUT2D eigenvalue weighted by Crippen LogP contribution is 2.45. The van der Waals surface area contributed by atoms with E-state index >= 15 is 0 Å². The van der Waals surface area contributed by atoms with Gasteiger partial charge in [-0.2, -0.15) is 26.3 Å². The van der Waals surface area contributed by atoms with Crippen molar-refractivity contribution in [2.24, 2.45) is 5.92 Å². The van der Waals surface area contributed by atoms with Crippen LogP contribution in [0.1, 0.15) is 18.4 Å². The summed E-state index contributed by atoms with van der Waals surface area (Å²) in [7, 11) is 3.69. The molecule has 226 valence electrons. The van der Waals surface area contributed by atoms with Gasteiger partial charge >= 0.3 is 24.3 Å². The predicted octanol–water partition coefficient (Wildman–Crippen LogP) is 2.71. The number of carbonyl (C=O) groups is 3. The van der Waals surface area contributed by atoms with Gasteiger partial charge in [-0.1, -0.05) is 30.3 Å². The number of rotatable bonds is 4. The minimum Gasteiger partial charge on any atom is -0.475 e. The van der Waals surface area contributed by atoms with Gasteiger partial charge in [-0.3, -0.25) is 14.6 Å². The summed E-state index contributed by atoms with van der Waals surface area (Å²) < 4.78 is 69.1. The number of benzene rings is 1. The lowest BCUT2D eigenvalue weighted by molar-refractivity contribution is -0.193. The first-order chi connectivity index (χ1) is 18.5. The van der Waals surface area contributed by atoms with Crippen LogP contribution in [-0.4, -0.2) is 121 Å². The first-order valence-electron chi connectivity index (χ1n) is 12.4. The first kappa shape index (κ1) is 33.3. The number of carboxylic acids is 2. The monoisotopic (exact) mass is 585 g/mol. The van der Waals surface area contributed by atoms with Crippen LogP contribution in [0.3, 0.4) is 0 Å². The van der Waals surface area contributed by atoms with E-state index in [-0.39, 0.29) is 11.3 Å². The van der Waals surface area contributed by atoms with E-state index in [9.17, 15) is 31.1 Å². The Bertz CT molecular complexity index is 977. The second-order valence-corrected chi connectivity index (χ2v) is 10.0. The Kier molecular flexibility index (Phi) is 11.3. The molecule has 40 heavy (non-hydrogen) atoms. The highest BCUT2D eigenvalue weighted by atomic mass is 19.4. The largest absolute Gasteiger partial charge is 0.490 e. The highest BCUT2D eigenvalue weighted by molar-refractivity contribution is 5.77. The molecule has 0 spiro atoms. The number of nitrogens with zero attached hydrogens (tertiary/aromatic N) is 3. The van der Waals surface area contributed by atoms with E-state index in [1.165, 1.54) is 12.0 Å². The molecule has 9 nitrogen and oxygen atoms in total. The Morgan fingerprint density at radius 3 is 2.00 bits per heavy atom. The van der Waals surface area contributed by atoms with E-state index in [2.05, 4.69) is 40.1 Å². The summed E-state index contributed by atoms with van der Waals surface area (Å²) in [6.07, 6.45) is -7.83. The molecular weight excluding hydrogens is 552 g/mol. The standard InChI is InChI=1S/C21H31N3O2.2C2HF3O2/c1-22(2)20(25)14-23-12-18-13-24(19-8-11-26-15-19)10-9-21(18,16-23)17-6-4-3-5-7-17;2*3-2(4,5)1(6)7/h3-7,18-19H,8-16H2,1-2H3;2*(H,6,7). The molecule has 3 aliphatic heterocycles. The Balaban J connectivity index is 0.000000333. The SMILES string of the molecule is CN(C)C(=O)CN1CC2CN(C3CCOC3)CCC2(c2ccccc2)C1.O=C(O)C(F)(F)F.O=C(O)C(F)(F)F. The third-order valence-corrected chi connectivity index (χ3v) is 7.18. The van der Waals surface area contributed by atoms with Crippen molar-refractivity contribution in [1.29, 1.82) is 0 Å². The molecule has 0 aromatic heterocycles. The van der Waals surface area contributed by atoms with E-state index in [0.717, 1.165) is 45.8 Å². The molecule has 3 heterocycles. The van der Waals surface area contributed by atoms with E-state index in [0.29, 0.717) is 18.5 Å². The minimum absolute atomic E-state index is 0.184. The molecular formula is C25H33F6N3O6. The lowest BCUT2D eigenvalue weighted by Crippen LogP contribution is -2.52. The van der Waals surface area contributed by atoms with Crippen molar-refractivity contribution < 1.29 is 55.7 Å². The molecule has 3 aliphatic rings. The number of aliphatic carboxylic acids is 2. The van der Waals surface area contributed by atoms with Gasteiger partial charge in [-0.25, -0.2) is 9.59 Å². The van der Waals surface area contributed by atoms with E-state index < -0.39 is 24.3 Å². The highest BCUT2D eigenvalue weighted by Gasteiger charge is 2.51. The molecule has 0 saturated carbocycles. The molecule has 1 aromatic carbocycles. The van der Waals surface area contributed by atoms with Crippen molar-refractivity contribution >= 4 is 17.8 Å². The molecule has 0 aliphatic carbocycles. The second-order valence-electron chi connectivity index (χ2n) is 10.0. The van der Waals surface area contributed by atoms with Crippen LogP contribution in [0.5, 0.6) is 0 Å². The molecule has 2 N–H and O–H groups in total. The number of carbonyl (C=O) groups excluding carboxylic acids is 1. The zero-order chi connectivity index (χ0) is 30.3. The Labute approximate surface area is 227 Å². The normalized spacial score (nSPS) is 25.1. The number of carboxylic acid groups (broad SMARTS) is 2. The van der Waals surface area contributed by atoms with Crippen molar-refractivity contribution in [3.8, 4) is 0 Å². The van der Waals surface area contributed by atoms with Crippen molar-refractivity contribution in [3.63, 3.8) is 0 Å². The molecule has 3 unspecified atom stereocenters. The number of alkyl halides is 6. The fourth-order valence-corrected chi connectivity index (χ4v) is 5.15. The van der Waals surface area contributed by atoms with E-state index in [1.807, 2.05) is 14.1 Å². The molecule has 0 bridgehead atoms. The number of amides is 1. The van der Waals surface area contributed by atoms with Gasteiger partial charge in [0, 0.05) is 51.8 Å². The molecule has 3 saturated heterocycles. The van der Waals surface area contributed by atoms with Crippen molar-refractivity contribution in [2.45, 2.75) is 36.7 Å². The van der Waals surface area contributed by atoms with Crippen molar-refractivity contribution in [2.75, 3.05) is 60.0 Å². The molecule has 4 rings (SSSR count). The zero-order valence-electron chi connectivity index (χ0n) is 22.0. The van der Waals surface area contributed by atoms with Crippen LogP contribution >= 0.6 is 0 Å². The molecule has 1 amide bonds. The maximum atomic E-state index is 12.3. The van der Waals surface area contributed by atoms with Crippen LogP contribution in [0, 0.1) is 5.92 Å². The average molecular weight is 586 g/mol. The van der Waals surface area contributed by atoms with Crippen LogP contribution in [0.2, 0.25) is 0 Å². The summed E-state index contributed by atoms with van der Waals surface area (Å²) in [5, 5.41) is 14.2. The summed E-state index contributed by atoms with van der Waals surface area (Å²) in [5.74, 6) is -4.73. The second kappa shape index (κ2) is 13.6. The van der Waals surface area contributed by atoms with Crippen molar-refractivity contribution in [3.05, 3.63) is 35.9 Å². The third-order valence-electron chi connectivity index (χ3n) is 7.18. The topological polar surface area (TPSA) is 111 Å². The number of likely N-dealkylation sites (N-methyl/N-ethyl adjacent to an activating group) is 1. The maximum absolute atomic E-state index is 12.3. The maximum Gasteiger partial charge on any atom is 0.490 e. The fraction of sp³-hybridized carbons (Fsp3) is 0.640. The Morgan fingerprint density at radius 2 is 1.55 bits per heavy atom. The lowest BCUT2D eigenvalue weighted by atomic mass is 9.67. The van der Waals surface area contributed by atoms with Gasteiger partial charge in [-0.05, 0) is 30.9 Å². The summed E-state index contributed by atoms with van der Waals surface area (Å²) in [5.41, 5.74) is 1.64. The van der Waals surface area contributed by atoms with Crippen LogP contribution in [0.4, 0.5) is 26.3 Å². The third kappa shape index (κ3) is 9.06. The van der Waals surface area contributed by atoms with Crippen molar-refractivity contribution in [1.82, 2.24) is 14.7 Å². The number of piperidine rings is 1. The zero-order valence-corrected chi connectivity index (χ0v) is 22.0. The van der Waals surface area contributed by atoms with E-state index in [1.54, 1.807) is 4.90 Å². The number of fused-ring (bicyclic) bond motifs is 1. The summed E-state index contributed by atoms with van der Waals surface area (Å²) in [4.78, 5) is 36.8. The number of ether oxygens (including phenoxy) is 1. The van der Waals surface area contributed by atoms with Gasteiger partial charge in [0.2, 0.25) is 5.91 Å². The predicted molar refractivity (Wildman–Crippen MR) is 130 cm³/mol. The van der Waals surface area contributed by atoms with Gasteiger partial charge < -0.3 is 19.8 Å². The average Bonchev–Trinajstić information content (AvgIpc) is 3.52. The van der Waals surface area contributed by atoms with Crippen LogP contribution in [0.15, 0.2) is 30.3 Å². The van der Waals surface area contributed by atoms with Gasteiger partial charge in [-0.15, -0.1) is 0 Å². The molecule has 1 aromatic rings. The molecule has 3 fully saturated rings. The van der Waals surface area contributed by atoms with Crippen LogP contribution < -0.4 is 0 Å². The number of hydrogen-bond donors (Lipinski definition) is 2. The summed E-state index contributed by atoms with van der Waals surface area (Å²) in [6, 6.07) is 11.6. The molecule has 0 radical (unpaired) electrons. The Morgan fingerprint density at radius 1 is 1.00 bits per heavy atom. The van der Waals surface area contributed by atoms with Crippen LogP contribution in [-0.2, 0) is 24.5 Å². The Hall–Kier alpha value is -2.91. The first-order valence-corrected chi connectivity index (χ1v) is 12.4. The summed E-state index contributed by atoms with van der Waals surface area (Å²) in [6.45, 7) is 6.58. The van der Waals surface area contributed by atoms with Gasteiger partial charge in [0.25, 0.3) is 0 Å². The fourth-order valence-electron chi connectivity index (χ4n) is 5.15. The number of hydrogen-bond acceptors (Lipinski definition) is 6. The van der Waals surface area contributed by atoms with Gasteiger partial charge in [0.05, 0.1) is 13.2 Å². The minimum atomic E-state index is -5.08. The van der Waals surface area contributed by atoms with Crippen LogP contribution in [0.25, 0.3) is 0 Å².